The van der Waals surface area contributed by atoms with Gasteiger partial charge in [-0.05, 0) is 31.6 Å². The molecule has 1 aliphatic rings. The maximum Gasteiger partial charge on any atom is 0.329 e. The van der Waals surface area contributed by atoms with Crippen LogP contribution in [0, 0.1) is 5.92 Å². The second kappa shape index (κ2) is 4.68. The number of imidazole rings is 1. The third kappa shape index (κ3) is 2.26. The summed E-state index contributed by atoms with van der Waals surface area (Å²) in [7, 11) is 1.89. The lowest BCUT2D eigenvalue weighted by molar-refractivity contribution is 0.165. The van der Waals surface area contributed by atoms with Gasteiger partial charge in [-0.25, -0.2) is 9.78 Å². The Balaban J connectivity index is 1.97. The smallest absolute Gasteiger partial charge is 0.324 e. The summed E-state index contributed by atoms with van der Waals surface area (Å²) in [5, 5.41) is 0. The van der Waals surface area contributed by atoms with E-state index in [2.05, 4.69) is 11.9 Å². The number of hydrogen-bond donors (Lipinski definition) is 0. The van der Waals surface area contributed by atoms with Gasteiger partial charge in [0.1, 0.15) is 6.33 Å². The van der Waals surface area contributed by atoms with E-state index < -0.39 is 0 Å². The van der Waals surface area contributed by atoms with E-state index in [1.54, 1.807) is 18.7 Å². The van der Waals surface area contributed by atoms with Crippen LogP contribution in [-0.2, 0) is 0 Å². The van der Waals surface area contributed by atoms with Gasteiger partial charge in [-0.2, -0.15) is 0 Å². The largest absolute Gasteiger partial charge is 0.329 e. The van der Waals surface area contributed by atoms with Crippen molar-refractivity contribution in [2.24, 2.45) is 5.92 Å². The van der Waals surface area contributed by atoms with Crippen LogP contribution in [0.15, 0.2) is 18.7 Å². The first-order valence-corrected chi connectivity index (χ1v) is 5.93. The Bertz CT molecular complexity index is 339. The van der Waals surface area contributed by atoms with E-state index >= 15 is 0 Å². The fourth-order valence-corrected chi connectivity index (χ4v) is 2.34. The van der Waals surface area contributed by atoms with Crippen LogP contribution >= 0.6 is 0 Å². The van der Waals surface area contributed by atoms with Crippen LogP contribution < -0.4 is 0 Å². The Kier molecular flexibility index (Phi) is 3.27. The Morgan fingerprint density at radius 3 is 2.62 bits per heavy atom. The number of carbonyl (C=O) groups is 1. The fourth-order valence-electron chi connectivity index (χ4n) is 2.34. The molecule has 1 aromatic heterocycles. The van der Waals surface area contributed by atoms with Crippen molar-refractivity contribution in [1.82, 2.24) is 14.5 Å². The highest BCUT2D eigenvalue weighted by atomic mass is 16.2. The van der Waals surface area contributed by atoms with Gasteiger partial charge in [-0.15, -0.1) is 0 Å². The molecule has 0 spiro atoms. The lowest BCUT2D eigenvalue weighted by Gasteiger charge is -2.33. The Morgan fingerprint density at radius 2 is 2.06 bits per heavy atom. The van der Waals surface area contributed by atoms with E-state index in [4.69, 9.17) is 0 Å². The van der Waals surface area contributed by atoms with E-state index in [0.717, 1.165) is 18.8 Å². The SMILES string of the molecule is CC1CCC(N(C)C(=O)n2ccnc2)CC1. The van der Waals surface area contributed by atoms with Crippen LogP contribution in [0.3, 0.4) is 0 Å². The minimum Gasteiger partial charge on any atom is -0.324 e. The quantitative estimate of drug-likeness (QED) is 0.730. The standard InChI is InChI=1S/C12H19N3O/c1-10-3-5-11(6-4-10)14(2)12(16)15-8-7-13-9-15/h7-11H,3-6H2,1-2H3. The average Bonchev–Trinajstić information content (AvgIpc) is 2.81. The van der Waals surface area contributed by atoms with Crippen molar-refractivity contribution in [3.05, 3.63) is 18.7 Å². The number of rotatable bonds is 1. The molecule has 0 aliphatic heterocycles. The predicted octanol–water partition coefficient (Wildman–Crippen LogP) is 2.36. The molecule has 1 fully saturated rings. The molecule has 0 unspecified atom stereocenters. The minimum atomic E-state index is 0.0250. The van der Waals surface area contributed by atoms with Gasteiger partial charge < -0.3 is 4.90 Å². The molecular formula is C12H19N3O. The molecule has 88 valence electrons. The summed E-state index contributed by atoms with van der Waals surface area (Å²) in [6.07, 6.45) is 9.60. The molecule has 16 heavy (non-hydrogen) atoms. The second-order valence-electron chi connectivity index (χ2n) is 4.78. The van der Waals surface area contributed by atoms with Gasteiger partial charge in [-0.3, -0.25) is 4.57 Å². The van der Waals surface area contributed by atoms with Crippen molar-refractivity contribution in [3.63, 3.8) is 0 Å². The van der Waals surface area contributed by atoms with Crippen molar-refractivity contribution in [2.45, 2.75) is 38.6 Å². The maximum absolute atomic E-state index is 12.0. The van der Waals surface area contributed by atoms with E-state index in [9.17, 15) is 4.79 Å². The van der Waals surface area contributed by atoms with Crippen LogP contribution in [0.2, 0.25) is 0 Å². The van der Waals surface area contributed by atoms with Crippen LogP contribution in [-0.4, -0.2) is 33.6 Å². The van der Waals surface area contributed by atoms with Crippen molar-refractivity contribution in [3.8, 4) is 0 Å². The molecular weight excluding hydrogens is 202 g/mol. The molecule has 1 aromatic rings. The van der Waals surface area contributed by atoms with Crippen molar-refractivity contribution in [2.75, 3.05) is 7.05 Å². The monoisotopic (exact) mass is 221 g/mol. The molecule has 0 aromatic carbocycles. The Labute approximate surface area is 96.3 Å². The first-order chi connectivity index (χ1) is 7.68. The summed E-state index contributed by atoms with van der Waals surface area (Å²) < 4.78 is 1.54. The van der Waals surface area contributed by atoms with E-state index in [0.29, 0.717) is 6.04 Å². The molecule has 0 bridgehead atoms. The molecule has 0 atom stereocenters. The molecule has 1 amide bonds. The third-order valence-corrected chi connectivity index (χ3v) is 3.56. The third-order valence-electron chi connectivity index (χ3n) is 3.56. The summed E-state index contributed by atoms with van der Waals surface area (Å²) in [4.78, 5) is 17.8. The van der Waals surface area contributed by atoms with Crippen molar-refractivity contribution >= 4 is 6.03 Å². The van der Waals surface area contributed by atoms with Gasteiger partial charge in [-0.1, -0.05) is 6.92 Å². The van der Waals surface area contributed by atoms with Crippen LogP contribution in [0.25, 0.3) is 0 Å². The minimum absolute atomic E-state index is 0.0250. The second-order valence-corrected chi connectivity index (χ2v) is 4.78. The normalized spacial score (nSPS) is 25.4. The summed E-state index contributed by atoms with van der Waals surface area (Å²) >= 11 is 0. The zero-order valence-electron chi connectivity index (χ0n) is 9.97. The first-order valence-electron chi connectivity index (χ1n) is 5.93. The number of amides is 1. The Morgan fingerprint density at radius 1 is 1.38 bits per heavy atom. The van der Waals surface area contributed by atoms with Crippen LogP contribution in [0.4, 0.5) is 4.79 Å². The number of aromatic nitrogens is 2. The highest BCUT2D eigenvalue weighted by Crippen LogP contribution is 2.26. The van der Waals surface area contributed by atoms with E-state index in [-0.39, 0.29) is 6.03 Å². The van der Waals surface area contributed by atoms with Gasteiger partial charge in [0, 0.05) is 25.5 Å². The van der Waals surface area contributed by atoms with Gasteiger partial charge in [0.25, 0.3) is 0 Å². The molecule has 0 radical (unpaired) electrons. The molecule has 4 heteroatoms. The molecule has 1 aliphatic carbocycles. The number of carbonyl (C=O) groups excluding carboxylic acids is 1. The van der Waals surface area contributed by atoms with Crippen molar-refractivity contribution in [1.29, 1.82) is 0 Å². The lowest BCUT2D eigenvalue weighted by Crippen LogP contribution is -2.41. The lowest BCUT2D eigenvalue weighted by atomic mass is 9.87. The molecule has 2 rings (SSSR count). The first kappa shape index (κ1) is 11.2. The Hall–Kier alpha value is -1.32. The molecule has 4 nitrogen and oxygen atoms in total. The van der Waals surface area contributed by atoms with Gasteiger partial charge in [0.05, 0.1) is 0 Å². The topological polar surface area (TPSA) is 38.1 Å². The predicted molar refractivity (Wildman–Crippen MR) is 62.2 cm³/mol. The molecule has 0 N–H and O–H groups in total. The summed E-state index contributed by atoms with van der Waals surface area (Å²) in [5.74, 6) is 0.813. The van der Waals surface area contributed by atoms with Crippen LogP contribution in [0.1, 0.15) is 32.6 Å². The fraction of sp³-hybridized carbons (Fsp3) is 0.667. The number of hydrogen-bond acceptors (Lipinski definition) is 2. The van der Waals surface area contributed by atoms with Gasteiger partial charge in [0.15, 0.2) is 0 Å². The maximum atomic E-state index is 12.0. The highest BCUT2D eigenvalue weighted by Gasteiger charge is 2.25. The number of nitrogens with zero attached hydrogens (tertiary/aromatic N) is 3. The van der Waals surface area contributed by atoms with E-state index in [1.165, 1.54) is 17.4 Å². The summed E-state index contributed by atoms with van der Waals surface area (Å²) in [5.41, 5.74) is 0. The average molecular weight is 221 g/mol. The van der Waals surface area contributed by atoms with E-state index in [1.807, 2.05) is 11.9 Å². The zero-order chi connectivity index (χ0) is 11.5. The van der Waals surface area contributed by atoms with Gasteiger partial charge >= 0.3 is 6.03 Å². The highest BCUT2D eigenvalue weighted by molar-refractivity contribution is 5.76. The molecule has 1 saturated carbocycles. The zero-order valence-corrected chi connectivity index (χ0v) is 9.97. The summed E-state index contributed by atoms with van der Waals surface area (Å²) in [6.45, 7) is 2.29. The molecule has 0 saturated heterocycles. The van der Waals surface area contributed by atoms with Gasteiger partial charge in [0.2, 0.25) is 0 Å². The van der Waals surface area contributed by atoms with Crippen molar-refractivity contribution < 1.29 is 4.79 Å². The molecule has 1 heterocycles. The summed E-state index contributed by atoms with van der Waals surface area (Å²) in [6, 6.07) is 0.420. The van der Waals surface area contributed by atoms with Crippen LogP contribution in [0.5, 0.6) is 0 Å².